The lowest BCUT2D eigenvalue weighted by Gasteiger charge is -2.41. The summed E-state index contributed by atoms with van der Waals surface area (Å²) in [5, 5.41) is 0. The van der Waals surface area contributed by atoms with E-state index in [1.54, 1.807) is 7.11 Å². The maximum Gasteiger partial charge on any atom is 0.119 e. The summed E-state index contributed by atoms with van der Waals surface area (Å²) in [7, 11) is 1.72. The van der Waals surface area contributed by atoms with Crippen molar-refractivity contribution in [1.29, 1.82) is 0 Å². The first kappa shape index (κ1) is 16.5. The van der Waals surface area contributed by atoms with Crippen LogP contribution in [0.4, 0.5) is 0 Å². The minimum absolute atomic E-state index is 0.0984. The fourth-order valence-electron chi connectivity index (χ4n) is 4.53. The molecule has 0 N–H and O–H groups in total. The maximum absolute atomic E-state index is 6.28. The molecule has 0 spiro atoms. The van der Waals surface area contributed by atoms with Gasteiger partial charge in [0.2, 0.25) is 0 Å². The van der Waals surface area contributed by atoms with Gasteiger partial charge in [0.25, 0.3) is 0 Å². The smallest absolute Gasteiger partial charge is 0.119 e. The molecular weight excluding hydrogens is 334 g/mol. The number of ether oxygens (including phenoxy) is 2. The van der Waals surface area contributed by atoms with Gasteiger partial charge in [-0.2, -0.15) is 0 Å². The Morgan fingerprint density at radius 3 is 2.52 bits per heavy atom. The number of nitrogens with zero attached hydrogens (tertiary/aromatic N) is 1. The van der Waals surface area contributed by atoms with E-state index >= 15 is 0 Å². The van der Waals surface area contributed by atoms with Gasteiger partial charge >= 0.3 is 0 Å². The Morgan fingerprint density at radius 2 is 1.67 bits per heavy atom. The van der Waals surface area contributed by atoms with E-state index in [4.69, 9.17) is 9.47 Å². The van der Waals surface area contributed by atoms with E-state index in [0.29, 0.717) is 0 Å². The third-order valence-corrected chi connectivity index (χ3v) is 5.78. The van der Waals surface area contributed by atoms with Crippen molar-refractivity contribution in [2.45, 2.75) is 24.7 Å². The second kappa shape index (κ2) is 6.84. The van der Waals surface area contributed by atoms with Gasteiger partial charge in [-0.1, -0.05) is 66.7 Å². The third kappa shape index (κ3) is 2.84. The molecule has 0 unspecified atom stereocenters. The average Bonchev–Trinajstić information content (AvgIpc) is 3.16. The van der Waals surface area contributed by atoms with E-state index in [1.807, 2.05) is 6.07 Å². The van der Waals surface area contributed by atoms with Crippen LogP contribution in [0.5, 0.6) is 5.75 Å². The molecule has 3 atom stereocenters. The van der Waals surface area contributed by atoms with Gasteiger partial charge in [-0.05, 0) is 34.4 Å². The number of benzene rings is 3. The number of methoxy groups -OCH3 is 1. The molecule has 3 aromatic carbocycles. The molecule has 27 heavy (non-hydrogen) atoms. The highest BCUT2D eigenvalue weighted by molar-refractivity contribution is 5.43. The number of rotatable bonds is 3. The monoisotopic (exact) mass is 357 g/mol. The van der Waals surface area contributed by atoms with Gasteiger partial charge in [0.05, 0.1) is 25.8 Å². The molecule has 0 amide bonds. The first-order chi connectivity index (χ1) is 13.3. The summed E-state index contributed by atoms with van der Waals surface area (Å²) in [6.45, 7) is 0.725. The van der Waals surface area contributed by atoms with Crippen molar-refractivity contribution in [2.75, 3.05) is 13.7 Å². The molecule has 0 saturated carbocycles. The summed E-state index contributed by atoms with van der Waals surface area (Å²) < 4.78 is 11.8. The second-order valence-electron chi connectivity index (χ2n) is 7.24. The number of hydrogen-bond donors (Lipinski definition) is 0. The van der Waals surface area contributed by atoms with Gasteiger partial charge in [0.1, 0.15) is 12.0 Å². The Kier molecular flexibility index (Phi) is 4.19. The molecule has 3 nitrogen and oxygen atoms in total. The van der Waals surface area contributed by atoms with Crippen LogP contribution in [-0.4, -0.2) is 24.8 Å². The summed E-state index contributed by atoms with van der Waals surface area (Å²) in [4.78, 5) is 2.55. The van der Waals surface area contributed by atoms with Gasteiger partial charge < -0.3 is 9.47 Å². The Labute approximate surface area is 160 Å². The number of fused-ring (bicyclic) bond motifs is 2. The van der Waals surface area contributed by atoms with E-state index in [2.05, 4.69) is 77.7 Å². The standard InChI is InChI=1S/C24H23NO2/c1-26-20-12-7-11-19(14-20)24-21-13-6-5-10-18(21)15-23-25(24)22(16-27-23)17-8-3-2-4-9-17/h2-14,22-24H,15-16H2,1H3/t22-,23-,24-/m0/s1. The van der Waals surface area contributed by atoms with Crippen LogP contribution in [0.2, 0.25) is 0 Å². The average molecular weight is 357 g/mol. The van der Waals surface area contributed by atoms with Crippen molar-refractivity contribution in [3.05, 3.63) is 101 Å². The van der Waals surface area contributed by atoms with Crippen molar-refractivity contribution in [2.24, 2.45) is 0 Å². The molecule has 2 aliphatic heterocycles. The Hall–Kier alpha value is -2.62. The summed E-state index contributed by atoms with van der Waals surface area (Å²) >= 11 is 0. The van der Waals surface area contributed by atoms with E-state index in [0.717, 1.165) is 18.8 Å². The van der Waals surface area contributed by atoms with Crippen LogP contribution in [0.15, 0.2) is 78.9 Å². The Morgan fingerprint density at radius 1 is 0.889 bits per heavy atom. The van der Waals surface area contributed by atoms with Crippen LogP contribution in [0.1, 0.15) is 34.3 Å². The van der Waals surface area contributed by atoms with Gasteiger partial charge in [-0.3, -0.25) is 4.90 Å². The second-order valence-corrected chi connectivity index (χ2v) is 7.24. The third-order valence-electron chi connectivity index (χ3n) is 5.78. The van der Waals surface area contributed by atoms with Crippen molar-refractivity contribution >= 4 is 0 Å². The topological polar surface area (TPSA) is 21.7 Å². The molecule has 136 valence electrons. The first-order valence-electron chi connectivity index (χ1n) is 9.51. The van der Waals surface area contributed by atoms with Gasteiger partial charge in [-0.15, -0.1) is 0 Å². The van der Waals surface area contributed by atoms with Crippen LogP contribution < -0.4 is 4.74 Å². The molecule has 0 aliphatic carbocycles. The molecule has 5 rings (SSSR count). The van der Waals surface area contributed by atoms with Gasteiger partial charge in [-0.25, -0.2) is 0 Å². The fourth-order valence-corrected chi connectivity index (χ4v) is 4.53. The van der Waals surface area contributed by atoms with E-state index in [-0.39, 0.29) is 18.3 Å². The van der Waals surface area contributed by atoms with E-state index < -0.39 is 0 Å². The van der Waals surface area contributed by atoms with Crippen LogP contribution in [0.3, 0.4) is 0 Å². The SMILES string of the molecule is COc1cccc([C@H]2c3ccccc3C[C@@H]3OC[C@@H](c4ccccc4)N23)c1. The van der Waals surface area contributed by atoms with Crippen molar-refractivity contribution in [3.63, 3.8) is 0 Å². The molecule has 2 heterocycles. The van der Waals surface area contributed by atoms with Crippen LogP contribution in [0.25, 0.3) is 0 Å². The van der Waals surface area contributed by atoms with Crippen LogP contribution >= 0.6 is 0 Å². The molecule has 0 radical (unpaired) electrons. The number of hydrogen-bond acceptors (Lipinski definition) is 3. The summed E-state index contributed by atoms with van der Waals surface area (Å²) in [6, 6.07) is 28.3. The molecular formula is C24H23NO2. The van der Waals surface area contributed by atoms with E-state index in [9.17, 15) is 0 Å². The quantitative estimate of drug-likeness (QED) is 0.676. The zero-order chi connectivity index (χ0) is 18.2. The summed E-state index contributed by atoms with van der Waals surface area (Å²) in [5.74, 6) is 0.892. The molecule has 3 heteroatoms. The van der Waals surface area contributed by atoms with Gasteiger partial charge in [0.15, 0.2) is 0 Å². The molecule has 2 aliphatic rings. The highest BCUT2D eigenvalue weighted by atomic mass is 16.5. The molecule has 0 aromatic heterocycles. The van der Waals surface area contributed by atoms with Crippen molar-refractivity contribution in [3.8, 4) is 5.75 Å². The lowest BCUT2D eigenvalue weighted by Crippen LogP contribution is -2.41. The van der Waals surface area contributed by atoms with Crippen molar-refractivity contribution in [1.82, 2.24) is 4.90 Å². The zero-order valence-electron chi connectivity index (χ0n) is 15.4. The largest absolute Gasteiger partial charge is 0.497 e. The Balaban J connectivity index is 1.65. The zero-order valence-corrected chi connectivity index (χ0v) is 15.4. The molecule has 3 aromatic rings. The lowest BCUT2D eigenvalue weighted by molar-refractivity contribution is 0.00586. The summed E-state index contributed by atoms with van der Waals surface area (Å²) in [6.07, 6.45) is 1.03. The lowest BCUT2D eigenvalue weighted by atomic mass is 9.86. The summed E-state index contributed by atoms with van der Waals surface area (Å²) in [5.41, 5.74) is 5.30. The molecule has 0 bridgehead atoms. The van der Waals surface area contributed by atoms with Crippen molar-refractivity contribution < 1.29 is 9.47 Å². The van der Waals surface area contributed by atoms with Crippen LogP contribution in [-0.2, 0) is 11.2 Å². The first-order valence-corrected chi connectivity index (χ1v) is 9.51. The normalized spacial score (nSPS) is 24.3. The Bertz CT molecular complexity index is 940. The molecule has 1 fully saturated rings. The predicted molar refractivity (Wildman–Crippen MR) is 106 cm³/mol. The minimum atomic E-state index is 0.0984. The van der Waals surface area contributed by atoms with E-state index in [1.165, 1.54) is 22.3 Å². The highest BCUT2D eigenvalue weighted by Crippen LogP contribution is 2.46. The van der Waals surface area contributed by atoms with Gasteiger partial charge in [0, 0.05) is 6.42 Å². The maximum atomic E-state index is 6.28. The highest BCUT2D eigenvalue weighted by Gasteiger charge is 2.44. The fraction of sp³-hybridized carbons (Fsp3) is 0.250. The van der Waals surface area contributed by atoms with Crippen LogP contribution in [0, 0.1) is 0 Å². The minimum Gasteiger partial charge on any atom is -0.497 e. The molecule has 1 saturated heterocycles. The predicted octanol–water partition coefficient (Wildman–Crippen LogP) is 4.74.